The fourth-order valence-electron chi connectivity index (χ4n) is 3.26. The summed E-state index contributed by atoms with van der Waals surface area (Å²) in [6.45, 7) is 8.43. The lowest BCUT2D eigenvalue weighted by atomic mass is 9.60. The van der Waals surface area contributed by atoms with E-state index in [1.807, 2.05) is 0 Å². The SMILES string of the molecule is CC1(F)CC(C(=O)CC2CC(C(C)(C)C)C2)C1. The average molecular weight is 240 g/mol. The van der Waals surface area contributed by atoms with Gasteiger partial charge in [0.1, 0.15) is 11.5 Å². The number of ketones is 1. The molecule has 0 heterocycles. The second-order valence-electron chi connectivity index (χ2n) is 7.59. The topological polar surface area (TPSA) is 17.1 Å². The van der Waals surface area contributed by atoms with Gasteiger partial charge in [0.25, 0.3) is 0 Å². The van der Waals surface area contributed by atoms with E-state index < -0.39 is 5.67 Å². The summed E-state index contributed by atoms with van der Waals surface area (Å²) in [5.41, 5.74) is -0.679. The van der Waals surface area contributed by atoms with E-state index in [1.165, 1.54) is 12.8 Å². The van der Waals surface area contributed by atoms with Crippen molar-refractivity contribution in [3.63, 3.8) is 0 Å². The van der Waals surface area contributed by atoms with Crippen LogP contribution in [0.3, 0.4) is 0 Å². The van der Waals surface area contributed by atoms with Gasteiger partial charge in [-0.2, -0.15) is 0 Å². The van der Waals surface area contributed by atoms with Crippen molar-refractivity contribution in [1.82, 2.24) is 0 Å². The number of rotatable bonds is 3. The Kier molecular flexibility index (Phi) is 3.12. The molecule has 2 heteroatoms. The Morgan fingerprint density at radius 2 is 1.82 bits per heavy atom. The normalized spacial score (nSPS) is 41.6. The number of carbonyl (C=O) groups excluding carboxylic acids is 1. The minimum absolute atomic E-state index is 0.0266. The fraction of sp³-hybridized carbons (Fsp3) is 0.933. The predicted octanol–water partition coefficient (Wildman–Crippen LogP) is 4.16. The molecule has 0 unspecified atom stereocenters. The summed E-state index contributed by atoms with van der Waals surface area (Å²) in [6, 6.07) is 0. The van der Waals surface area contributed by atoms with Crippen LogP contribution in [0.25, 0.3) is 0 Å². The molecule has 0 aromatic carbocycles. The average Bonchev–Trinajstić information content (AvgIpc) is 2.03. The summed E-state index contributed by atoms with van der Waals surface area (Å²) in [4.78, 5) is 11.9. The first kappa shape index (κ1) is 13.0. The van der Waals surface area contributed by atoms with Gasteiger partial charge in [0, 0.05) is 12.3 Å². The number of hydrogen-bond acceptors (Lipinski definition) is 1. The van der Waals surface area contributed by atoms with Crippen LogP contribution < -0.4 is 0 Å². The lowest BCUT2D eigenvalue weighted by Gasteiger charge is -2.45. The van der Waals surface area contributed by atoms with Gasteiger partial charge in [-0.05, 0) is 49.9 Å². The van der Waals surface area contributed by atoms with Gasteiger partial charge in [0.2, 0.25) is 0 Å². The van der Waals surface area contributed by atoms with E-state index in [-0.39, 0.29) is 5.92 Å². The van der Waals surface area contributed by atoms with Crippen molar-refractivity contribution in [2.75, 3.05) is 0 Å². The highest BCUT2D eigenvalue weighted by Crippen LogP contribution is 2.48. The molecule has 1 nitrogen and oxygen atoms in total. The molecule has 0 bridgehead atoms. The van der Waals surface area contributed by atoms with E-state index in [2.05, 4.69) is 20.8 Å². The van der Waals surface area contributed by atoms with Gasteiger partial charge in [-0.1, -0.05) is 20.8 Å². The maximum atomic E-state index is 13.3. The molecule has 0 atom stereocenters. The molecule has 2 aliphatic carbocycles. The Morgan fingerprint density at radius 3 is 2.24 bits per heavy atom. The molecule has 2 fully saturated rings. The van der Waals surface area contributed by atoms with Crippen LogP contribution in [0.5, 0.6) is 0 Å². The summed E-state index contributed by atoms with van der Waals surface area (Å²) in [5, 5.41) is 0. The van der Waals surface area contributed by atoms with Gasteiger partial charge in [0.15, 0.2) is 0 Å². The van der Waals surface area contributed by atoms with E-state index in [0.29, 0.717) is 36.4 Å². The van der Waals surface area contributed by atoms with Crippen LogP contribution in [0, 0.1) is 23.2 Å². The summed E-state index contributed by atoms with van der Waals surface area (Å²) in [7, 11) is 0. The Hall–Kier alpha value is -0.400. The summed E-state index contributed by atoms with van der Waals surface area (Å²) >= 11 is 0. The fourth-order valence-corrected chi connectivity index (χ4v) is 3.26. The van der Waals surface area contributed by atoms with Gasteiger partial charge in [-0.25, -0.2) is 4.39 Å². The first-order valence-electron chi connectivity index (χ1n) is 6.89. The summed E-state index contributed by atoms with van der Waals surface area (Å²) in [5.74, 6) is 1.70. The van der Waals surface area contributed by atoms with Crippen LogP contribution in [-0.2, 0) is 4.79 Å². The molecule has 0 saturated heterocycles. The first-order valence-corrected chi connectivity index (χ1v) is 6.89. The van der Waals surface area contributed by atoms with E-state index in [9.17, 15) is 9.18 Å². The quantitative estimate of drug-likeness (QED) is 0.724. The smallest absolute Gasteiger partial charge is 0.136 e. The minimum Gasteiger partial charge on any atom is -0.299 e. The molecule has 0 amide bonds. The monoisotopic (exact) mass is 240 g/mol. The van der Waals surface area contributed by atoms with Crippen molar-refractivity contribution in [2.45, 2.75) is 65.5 Å². The van der Waals surface area contributed by atoms with Crippen LogP contribution >= 0.6 is 0 Å². The zero-order valence-corrected chi connectivity index (χ0v) is 11.6. The molecular formula is C15H25FO. The largest absolute Gasteiger partial charge is 0.299 e. The van der Waals surface area contributed by atoms with Crippen LogP contribution in [0.1, 0.15) is 59.8 Å². The van der Waals surface area contributed by atoms with E-state index >= 15 is 0 Å². The zero-order chi connectivity index (χ0) is 12.8. The van der Waals surface area contributed by atoms with Crippen molar-refractivity contribution in [3.8, 4) is 0 Å². The van der Waals surface area contributed by atoms with Crippen LogP contribution in [-0.4, -0.2) is 11.5 Å². The highest BCUT2D eigenvalue weighted by atomic mass is 19.1. The molecule has 0 aromatic heterocycles. The molecule has 0 aliphatic heterocycles. The second kappa shape index (κ2) is 4.07. The molecule has 0 aromatic rings. The standard InChI is InChI=1S/C15H25FO/c1-14(2,3)12-5-10(6-12)7-13(17)11-8-15(4,16)9-11/h10-12H,5-9H2,1-4H3. The van der Waals surface area contributed by atoms with E-state index in [4.69, 9.17) is 0 Å². The van der Waals surface area contributed by atoms with Crippen LogP contribution in [0.15, 0.2) is 0 Å². The molecule has 0 radical (unpaired) electrons. The highest BCUT2D eigenvalue weighted by Gasteiger charge is 2.45. The molecule has 0 spiro atoms. The number of halogens is 1. The maximum absolute atomic E-state index is 13.3. The predicted molar refractivity (Wildman–Crippen MR) is 67.5 cm³/mol. The summed E-state index contributed by atoms with van der Waals surface area (Å²) < 4.78 is 13.3. The third-order valence-corrected chi connectivity index (χ3v) is 4.75. The van der Waals surface area contributed by atoms with Gasteiger partial charge >= 0.3 is 0 Å². The third kappa shape index (κ3) is 2.89. The van der Waals surface area contributed by atoms with E-state index in [0.717, 1.165) is 5.92 Å². The molecule has 0 N–H and O–H groups in total. The van der Waals surface area contributed by atoms with Crippen LogP contribution in [0.4, 0.5) is 4.39 Å². The van der Waals surface area contributed by atoms with Crippen molar-refractivity contribution in [3.05, 3.63) is 0 Å². The zero-order valence-electron chi connectivity index (χ0n) is 11.6. The highest BCUT2D eigenvalue weighted by molar-refractivity contribution is 5.82. The lowest BCUT2D eigenvalue weighted by Crippen LogP contribution is -2.43. The lowest BCUT2D eigenvalue weighted by molar-refractivity contribution is -0.133. The minimum atomic E-state index is -1.06. The number of hydrogen-bond donors (Lipinski definition) is 0. The Labute approximate surface area is 104 Å². The second-order valence-corrected chi connectivity index (χ2v) is 7.59. The first-order chi connectivity index (χ1) is 7.67. The molecule has 2 rings (SSSR count). The Bertz CT molecular complexity index is 299. The third-order valence-electron chi connectivity index (χ3n) is 4.75. The Morgan fingerprint density at radius 1 is 1.29 bits per heavy atom. The number of carbonyl (C=O) groups is 1. The van der Waals surface area contributed by atoms with Crippen molar-refractivity contribution < 1.29 is 9.18 Å². The number of alkyl halides is 1. The maximum Gasteiger partial charge on any atom is 0.136 e. The van der Waals surface area contributed by atoms with Crippen molar-refractivity contribution >= 4 is 5.78 Å². The molecule has 17 heavy (non-hydrogen) atoms. The molecular weight excluding hydrogens is 215 g/mol. The van der Waals surface area contributed by atoms with E-state index in [1.54, 1.807) is 6.92 Å². The number of Topliss-reactive ketones (excluding diaryl/α,β-unsaturated/α-hetero) is 1. The van der Waals surface area contributed by atoms with Crippen molar-refractivity contribution in [1.29, 1.82) is 0 Å². The summed E-state index contributed by atoms with van der Waals surface area (Å²) in [6.07, 6.45) is 4.00. The van der Waals surface area contributed by atoms with Gasteiger partial charge in [-0.15, -0.1) is 0 Å². The Balaban J connectivity index is 1.69. The molecule has 2 aliphatic rings. The molecule has 98 valence electrons. The van der Waals surface area contributed by atoms with Gasteiger partial charge in [0.05, 0.1) is 0 Å². The van der Waals surface area contributed by atoms with Crippen molar-refractivity contribution in [2.24, 2.45) is 23.2 Å². The molecule has 2 saturated carbocycles. The van der Waals surface area contributed by atoms with Gasteiger partial charge < -0.3 is 0 Å². The van der Waals surface area contributed by atoms with Gasteiger partial charge in [-0.3, -0.25) is 4.79 Å². The van der Waals surface area contributed by atoms with Crippen LogP contribution in [0.2, 0.25) is 0 Å².